The molecule has 0 radical (unpaired) electrons. The number of likely N-dealkylation sites (N-methyl/N-ethyl adjacent to an activating group) is 1. The highest BCUT2D eigenvalue weighted by molar-refractivity contribution is 5.78. The van der Waals surface area contributed by atoms with E-state index in [0.717, 1.165) is 5.56 Å². The normalized spacial score (nSPS) is 10.8. The van der Waals surface area contributed by atoms with Crippen LogP contribution in [0, 0.1) is 0 Å². The standard InChI is InChI=1S/C13H17F2NO2/c1-9(2)16(3)12(17)8-10-4-6-11(7-5-10)18-13(14)15/h4-7,9,13H,8H2,1-3H3. The van der Waals surface area contributed by atoms with Gasteiger partial charge in [0.05, 0.1) is 6.42 Å². The maximum Gasteiger partial charge on any atom is 0.387 e. The summed E-state index contributed by atoms with van der Waals surface area (Å²) in [5.41, 5.74) is 0.772. The maximum atomic E-state index is 11.9. The lowest BCUT2D eigenvalue weighted by atomic mass is 10.1. The van der Waals surface area contributed by atoms with Gasteiger partial charge in [0, 0.05) is 13.1 Å². The number of carbonyl (C=O) groups excluding carboxylic acids is 1. The number of carbonyl (C=O) groups is 1. The molecule has 0 fully saturated rings. The zero-order valence-electron chi connectivity index (χ0n) is 10.7. The van der Waals surface area contributed by atoms with Gasteiger partial charge in [-0.3, -0.25) is 4.79 Å². The number of benzene rings is 1. The SMILES string of the molecule is CC(C)N(C)C(=O)Cc1ccc(OC(F)F)cc1. The average molecular weight is 257 g/mol. The Morgan fingerprint density at radius 2 is 1.83 bits per heavy atom. The number of nitrogens with zero attached hydrogens (tertiary/aromatic N) is 1. The third-order valence-corrected chi connectivity index (χ3v) is 2.67. The molecule has 0 saturated heterocycles. The predicted molar refractivity (Wildman–Crippen MR) is 64.7 cm³/mol. The molecule has 0 spiro atoms. The second kappa shape index (κ2) is 6.33. The zero-order valence-corrected chi connectivity index (χ0v) is 10.7. The Bertz CT molecular complexity index is 390. The van der Waals surface area contributed by atoms with Crippen LogP contribution in [0.15, 0.2) is 24.3 Å². The van der Waals surface area contributed by atoms with Crippen LogP contribution in [0.5, 0.6) is 5.75 Å². The van der Waals surface area contributed by atoms with Crippen LogP contribution in [-0.4, -0.2) is 30.5 Å². The van der Waals surface area contributed by atoms with Crippen LogP contribution in [-0.2, 0) is 11.2 Å². The van der Waals surface area contributed by atoms with E-state index in [-0.39, 0.29) is 24.1 Å². The van der Waals surface area contributed by atoms with Gasteiger partial charge in [0.1, 0.15) is 5.75 Å². The van der Waals surface area contributed by atoms with E-state index in [0.29, 0.717) is 0 Å². The fourth-order valence-electron chi connectivity index (χ4n) is 1.38. The summed E-state index contributed by atoms with van der Waals surface area (Å²) in [6.07, 6.45) is 0.254. The van der Waals surface area contributed by atoms with E-state index in [9.17, 15) is 13.6 Å². The van der Waals surface area contributed by atoms with E-state index in [4.69, 9.17) is 0 Å². The second-order valence-electron chi connectivity index (χ2n) is 4.30. The van der Waals surface area contributed by atoms with Gasteiger partial charge in [0.25, 0.3) is 0 Å². The van der Waals surface area contributed by atoms with Gasteiger partial charge >= 0.3 is 6.61 Å². The second-order valence-corrected chi connectivity index (χ2v) is 4.30. The summed E-state index contributed by atoms with van der Waals surface area (Å²) in [5, 5.41) is 0. The molecular formula is C13H17F2NO2. The summed E-state index contributed by atoms with van der Waals surface area (Å²) in [6, 6.07) is 6.24. The molecule has 5 heteroatoms. The van der Waals surface area contributed by atoms with Crippen molar-refractivity contribution in [3.63, 3.8) is 0 Å². The van der Waals surface area contributed by atoms with Crippen molar-refractivity contribution in [2.45, 2.75) is 32.9 Å². The molecule has 3 nitrogen and oxygen atoms in total. The molecule has 0 N–H and O–H groups in total. The fourth-order valence-corrected chi connectivity index (χ4v) is 1.38. The molecule has 0 aliphatic carbocycles. The van der Waals surface area contributed by atoms with Gasteiger partial charge in [-0.25, -0.2) is 0 Å². The molecule has 0 heterocycles. The van der Waals surface area contributed by atoms with Crippen LogP contribution < -0.4 is 4.74 Å². The Balaban J connectivity index is 2.61. The van der Waals surface area contributed by atoms with Gasteiger partial charge in [0.2, 0.25) is 5.91 Å². The third-order valence-electron chi connectivity index (χ3n) is 2.67. The van der Waals surface area contributed by atoms with E-state index in [1.165, 1.54) is 12.1 Å². The Hall–Kier alpha value is -1.65. The molecular weight excluding hydrogens is 240 g/mol. The molecule has 0 atom stereocenters. The van der Waals surface area contributed by atoms with Gasteiger partial charge in [-0.05, 0) is 31.5 Å². The molecule has 1 aromatic rings. The molecule has 100 valence electrons. The van der Waals surface area contributed by atoms with E-state index in [2.05, 4.69) is 4.74 Å². The van der Waals surface area contributed by atoms with E-state index < -0.39 is 6.61 Å². The maximum absolute atomic E-state index is 11.9. The number of hydrogen-bond donors (Lipinski definition) is 0. The van der Waals surface area contributed by atoms with Gasteiger partial charge in [-0.2, -0.15) is 8.78 Å². The highest BCUT2D eigenvalue weighted by Gasteiger charge is 2.12. The van der Waals surface area contributed by atoms with E-state index in [1.807, 2.05) is 13.8 Å². The van der Waals surface area contributed by atoms with Crippen LogP contribution in [0.25, 0.3) is 0 Å². The molecule has 0 unspecified atom stereocenters. The molecule has 0 aliphatic rings. The quantitative estimate of drug-likeness (QED) is 0.811. The summed E-state index contributed by atoms with van der Waals surface area (Å²) >= 11 is 0. The van der Waals surface area contributed by atoms with Crippen LogP contribution in [0.3, 0.4) is 0 Å². The van der Waals surface area contributed by atoms with E-state index >= 15 is 0 Å². The first-order valence-electron chi connectivity index (χ1n) is 5.69. The largest absolute Gasteiger partial charge is 0.435 e. The summed E-state index contributed by atoms with van der Waals surface area (Å²) in [4.78, 5) is 13.4. The zero-order chi connectivity index (χ0) is 13.7. The van der Waals surface area contributed by atoms with Crippen LogP contribution in [0.1, 0.15) is 19.4 Å². The molecule has 1 amide bonds. The minimum atomic E-state index is -2.83. The topological polar surface area (TPSA) is 29.5 Å². The Morgan fingerprint density at radius 3 is 2.28 bits per heavy atom. The lowest BCUT2D eigenvalue weighted by molar-refractivity contribution is -0.130. The number of ether oxygens (including phenoxy) is 1. The lowest BCUT2D eigenvalue weighted by Crippen LogP contribution is -2.34. The number of alkyl halides is 2. The van der Waals surface area contributed by atoms with Crippen LogP contribution >= 0.6 is 0 Å². The summed E-state index contributed by atoms with van der Waals surface area (Å²) in [6.45, 7) is 1.03. The molecule has 1 aromatic carbocycles. The van der Waals surface area contributed by atoms with E-state index in [1.54, 1.807) is 24.1 Å². The molecule has 18 heavy (non-hydrogen) atoms. The van der Waals surface area contributed by atoms with Crippen molar-refractivity contribution in [2.75, 3.05) is 7.05 Å². The highest BCUT2D eigenvalue weighted by atomic mass is 19.3. The summed E-state index contributed by atoms with van der Waals surface area (Å²) in [5.74, 6) is 0.0888. The van der Waals surface area contributed by atoms with Crippen molar-refractivity contribution in [1.82, 2.24) is 4.90 Å². The number of amides is 1. The highest BCUT2D eigenvalue weighted by Crippen LogP contribution is 2.15. The number of halogens is 2. The monoisotopic (exact) mass is 257 g/mol. The van der Waals surface area contributed by atoms with Crippen molar-refractivity contribution in [3.8, 4) is 5.75 Å². The smallest absolute Gasteiger partial charge is 0.387 e. The molecule has 1 rings (SSSR count). The Kier molecular flexibility index (Phi) is 5.07. The van der Waals surface area contributed by atoms with Crippen molar-refractivity contribution in [2.24, 2.45) is 0 Å². The minimum absolute atomic E-state index is 0.00692. The van der Waals surface area contributed by atoms with Crippen LogP contribution in [0.4, 0.5) is 8.78 Å². The number of rotatable bonds is 5. The van der Waals surface area contributed by atoms with Gasteiger partial charge in [0.15, 0.2) is 0 Å². The predicted octanol–water partition coefficient (Wildman–Crippen LogP) is 2.70. The molecule has 0 saturated carbocycles. The first kappa shape index (κ1) is 14.4. The molecule has 0 aliphatic heterocycles. The first-order valence-corrected chi connectivity index (χ1v) is 5.69. The molecule has 0 bridgehead atoms. The molecule has 0 aromatic heterocycles. The van der Waals surface area contributed by atoms with Crippen LogP contribution in [0.2, 0.25) is 0 Å². The van der Waals surface area contributed by atoms with Crippen molar-refractivity contribution < 1.29 is 18.3 Å². The number of hydrogen-bond acceptors (Lipinski definition) is 2. The van der Waals surface area contributed by atoms with Gasteiger partial charge < -0.3 is 9.64 Å². The van der Waals surface area contributed by atoms with Gasteiger partial charge in [-0.1, -0.05) is 12.1 Å². The Morgan fingerprint density at radius 1 is 1.28 bits per heavy atom. The summed E-state index contributed by atoms with van der Waals surface area (Å²) in [7, 11) is 1.74. The van der Waals surface area contributed by atoms with Crippen molar-refractivity contribution in [3.05, 3.63) is 29.8 Å². The minimum Gasteiger partial charge on any atom is -0.435 e. The average Bonchev–Trinajstić information content (AvgIpc) is 2.29. The first-order chi connectivity index (χ1) is 8.40. The third kappa shape index (κ3) is 4.31. The summed E-state index contributed by atoms with van der Waals surface area (Å²) < 4.78 is 28.1. The van der Waals surface area contributed by atoms with Crippen molar-refractivity contribution >= 4 is 5.91 Å². The van der Waals surface area contributed by atoms with Crippen molar-refractivity contribution in [1.29, 1.82) is 0 Å². The Labute approximate surface area is 105 Å². The van der Waals surface area contributed by atoms with Gasteiger partial charge in [-0.15, -0.1) is 0 Å². The lowest BCUT2D eigenvalue weighted by Gasteiger charge is -2.21. The fraction of sp³-hybridized carbons (Fsp3) is 0.462.